The molecule has 104 valence electrons. The second kappa shape index (κ2) is 7.25. The Balaban J connectivity index is 2.81. The second-order valence-corrected chi connectivity index (χ2v) is 4.96. The first-order chi connectivity index (χ1) is 8.99. The highest BCUT2D eigenvalue weighted by molar-refractivity contribution is 9.10. The van der Waals surface area contributed by atoms with Gasteiger partial charge in [0.15, 0.2) is 0 Å². The summed E-state index contributed by atoms with van der Waals surface area (Å²) in [6.45, 7) is 0.178. The maximum Gasteiger partial charge on any atom is 0.253 e. The van der Waals surface area contributed by atoms with E-state index < -0.39 is 0 Å². The van der Waals surface area contributed by atoms with Crippen LogP contribution in [0.1, 0.15) is 10.4 Å². The van der Waals surface area contributed by atoms with E-state index in [9.17, 15) is 9.18 Å². The van der Waals surface area contributed by atoms with Crippen molar-refractivity contribution < 1.29 is 13.9 Å². The number of benzene rings is 1. The zero-order chi connectivity index (χ0) is 14.4. The van der Waals surface area contributed by atoms with Gasteiger partial charge in [0.05, 0.1) is 10.8 Å². The fourth-order valence-corrected chi connectivity index (χ4v) is 1.81. The second-order valence-electron chi connectivity index (χ2n) is 4.10. The third kappa shape index (κ3) is 4.33. The van der Waals surface area contributed by atoms with Gasteiger partial charge < -0.3 is 15.4 Å². The molecule has 0 aliphatic heterocycles. The summed E-state index contributed by atoms with van der Waals surface area (Å²) in [6.07, 6.45) is 0.442. The van der Waals surface area contributed by atoms with Crippen LogP contribution in [-0.4, -0.2) is 38.1 Å². The molecule has 1 aromatic carbocycles. The predicted molar refractivity (Wildman–Crippen MR) is 75.9 cm³/mol. The molecular weight excluding hydrogens is 315 g/mol. The average Bonchev–Trinajstić information content (AvgIpc) is 2.40. The molecule has 4 nitrogen and oxygen atoms in total. The van der Waals surface area contributed by atoms with Crippen LogP contribution >= 0.6 is 15.9 Å². The monoisotopic (exact) mass is 330 g/mol. The number of nitrogens with two attached hydrogens (primary N) is 1. The van der Waals surface area contributed by atoms with E-state index >= 15 is 0 Å². The minimum absolute atomic E-state index is 0.0760. The lowest BCUT2D eigenvalue weighted by Gasteiger charge is -2.13. The van der Waals surface area contributed by atoms with Crippen LogP contribution in [0.15, 0.2) is 34.6 Å². The molecule has 0 aliphatic carbocycles. The average molecular weight is 331 g/mol. The molecule has 0 spiro atoms. The molecule has 0 bridgehead atoms. The van der Waals surface area contributed by atoms with Gasteiger partial charge in [-0.3, -0.25) is 4.79 Å². The van der Waals surface area contributed by atoms with Crippen molar-refractivity contribution >= 4 is 21.8 Å². The first-order valence-corrected chi connectivity index (χ1v) is 6.41. The largest absolute Gasteiger partial charge is 0.488 e. The van der Waals surface area contributed by atoms with Gasteiger partial charge in [-0.05, 0) is 34.1 Å². The molecule has 0 aliphatic rings. The highest BCUT2D eigenvalue weighted by Crippen LogP contribution is 2.26. The van der Waals surface area contributed by atoms with Gasteiger partial charge in [-0.25, -0.2) is 4.39 Å². The summed E-state index contributed by atoms with van der Waals surface area (Å²) < 4.78 is 18.4. The summed E-state index contributed by atoms with van der Waals surface area (Å²) in [4.78, 5) is 13.2. The van der Waals surface area contributed by atoms with Crippen LogP contribution in [0.2, 0.25) is 0 Å². The lowest BCUT2D eigenvalue weighted by Crippen LogP contribution is -2.21. The van der Waals surface area contributed by atoms with Crippen molar-refractivity contribution in [2.75, 3.05) is 27.2 Å². The number of hydrogen-bond acceptors (Lipinski definition) is 3. The van der Waals surface area contributed by atoms with Crippen molar-refractivity contribution in [3.8, 4) is 5.75 Å². The first-order valence-electron chi connectivity index (χ1n) is 5.61. The van der Waals surface area contributed by atoms with Gasteiger partial charge in [0.25, 0.3) is 5.91 Å². The Morgan fingerprint density at radius 2 is 2.21 bits per heavy atom. The van der Waals surface area contributed by atoms with Crippen LogP contribution < -0.4 is 10.5 Å². The SMILES string of the molecule is CN(C)C(=O)c1ccc(OCC(=CF)CN)c(Br)c1. The molecule has 0 radical (unpaired) electrons. The highest BCUT2D eigenvalue weighted by Gasteiger charge is 2.11. The van der Waals surface area contributed by atoms with Crippen molar-refractivity contribution in [3.05, 3.63) is 40.1 Å². The van der Waals surface area contributed by atoms with E-state index in [1.807, 2.05) is 0 Å². The Hall–Kier alpha value is -1.40. The number of amides is 1. The van der Waals surface area contributed by atoms with Crippen LogP contribution in [0.5, 0.6) is 5.75 Å². The van der Waals surface area contributed by atoms with Gasteiger partial charge in [-0.2, -0.15) is 0 Å². The van der Waals surface area contributed by atoms with Gasteiger partial charge in [0.2, 0.25) is 0 Å². The van der Waals surface area contributed by atoms with E-state index in [1.54, 1.807) is 32.3 Å². The lowest BCUT2D eigenvalue weighted by molar-refractivity contribution is 0.0827. The topological polar surface area (TPSA) is 55.6 Å². The molecule has 0 saturated heterocycles. The summed E-state index contributed by atoms with van der Waals surface area (Å²) in [5.74, 6) is 0.432. The number of hydrogen-bond donors (Lipinski definition) is 1. The van der Waals surface area contributed by atoms with E-state index in [4.69, 9.17) is 10.5 Å². The molecule has 2 N–H and O–H groups in total. The van der Waals surface area contributed by atoms with Crippen molar-refractivity contribution in [3.63, 3.8) is 0 Å². The minimum Gasteiger partial charge on any atom is -0.488 e. The zero-order valence-electron chi connectivity index (χ0n) is 10.8. The fourth-order valence-electron chi connectivity index (χ4n) is 1.31. The maximum atomic E-state index is 12.3. The van der Waals surface area contributed by atoms with Crippen LogP contribution in [-0.2, 0) is 0 Å². The summed E-state index contributed by atoms with van der Waals surface area (Å²) in [6, 6.07) is 4.98. The zero-order valence-corrected chi connectivity index (χ0v) is 12.4. The number of carbonyl (C=O) groups excluding carboxylic acids is 1. The molecule has 0 saturated carbocycles. The van der Waals surface area contributed by atoms with Crippen LogP contribution in [0, 0.1) is 0 Å². The molecule has 6 heteroatoms. The molecule has 0 aromatic heterocycles. The number of rotatable bonds is 5. The van der Waals surface area contributed by atoms with E-state index in [0.29, 0.717) is 27.7 Å². The maximum absolute atomic E-state index is 12.3. The van der Waals surface area contributed by atoms with Crippen LogP contribution in [0.3, 0.4) is 0 Å². The van der Waals surface area contributed by atoms with E-state index in [1.165, 1.54) is 4.90 Å². The van der Waals surface area contributed by atoms with Gasteiger partial charge in [-0.1, -0.05) is 0 Å². The number of nitrogens with zero attached hydrogens (tertiary/aromatic N) is 1. The number of ether oxygens (including phenoxy) is 1. The van der Waals surface area contributed by atoms with Crippen LogP contribution in [0.4, 0.5) is 4.39 Å². The van der Waals surface area contributed by atoms with Crippen LogP contribution in [0.25, 0.3) is 0 Å². The Morgan fingerprint density at radius 1 is 1.53 bits per heavy atom. The molecule has 0 fully saturated rings. The summed E-state index contributed by atoms with van der Waals surface area (Å²) in [5, 5.41) is 0. The van der Waals surface area contributed by atoms with E-state index in [2.05, 4.69) is 15.9 Å². The number of carbonyl (C=O) groups is 1. The molecule has 1 aromatic rings. The smallest absolute Gasteiger partial charge is 0.253 e. The minimum atomic E-state index is -0.0986. The molecule has 0 heterocycles. The van der Waals surface area contributed by atoms with Gasteiger partial charge in [-0.15, -0.1) is 0 Å². The predicted octanol–water partition coefficient (Wildman–Crippen LogP) is 2.34. The summed E-state index contributed by atoms with van der Waals surface area (Å²) in [5.41, 5.74) is 6.24. The molecule has 0 atom stereocenters. The van der Waals surface area contributed by atoms with Crippen molar-refractivity contribution in [1.29, 1.82) is 0 Å². The van der Waals surface area contributed by atoms with Gasteiger partial charge >= 0.3 is 0 Å². The summed E-state index contributed by atoms with van der Waals surface area (Å²) >= 11 is 3.32. The highest BCUT2D eigenvalue weighted by atomic mass is 79.9. The quantitative estimate of drug-likeness (QED) is 0.901. The van der Waals surface area contributed by atoms with Gasteiger partial charge in [0, 0.05) is 31.8 Å². The molecule has 0 unspecified atom stereocenters. The number of halogens is 2. The fraction of sp³-hybridized carbons (Fsp3) is 0.308. The standard InChI is InChI=1S/C13H16BrFN2O2/c1-17(2)13(18)10-3-4-12(11(14)5-10)19-8-9(6-15)7-16/h3-6H,7-8,16H2,1-2H3. The normalized spacial score (nSPS) is 11.3. The Morgan fingerprint density at radius 3 is 2.68 bits per heavy atom. The molecular formula is C13H16BrFN2O2. The lowest BCUT2D eigenvalue weighted by atomic mass is 10.2. The Bertz CT molecular complexity index is 490. The Kier molecular flexibility index (Phi) is 5.98. The molecule has 1 rings (SSSR count). The van der Waals surface area contributed by atoms with Gasteiger partial charge in [0.1, 0.15) is 12.4 Å². The summed E-state index contributed by atoms with van der Waals surface area (Å²) in [7, 11) is 3.36. The molecule has 19 heavy (non-hydrogen) atoms. The third-order valence-electron chi connectivity index (χ3n) is 2.41. The van der Waals surface area contributed by atoms with E-state index in [-0.39, 0.29) is 19.1 Å². The van der Waals surface area contributed by atoms with Crippen molar-refractivity contribution in [2.45, 2.75) is 0 Å². The van der Waals surface area contributed by atoms with E-state index in [0.717, 1.165) is 0 Å². The first kappa shape index (κ1) is 15.7. The third-order valence-corrected chi connectivity index (χ3v) is 3.03. The Labute approximate surface area is 120 Å². The van der Waals surface area contributed by atoms with Crippen molar-refractivity contribution in [2.24, 2.45) is 5.73 Å². The molecule has 1 amide bonds. The van der Waals surface area contributed by atoms with Crippen molar-refractivity contribution in [1.82, 2.24) is 4.90 Å².